The number of fused-ring (bicyclic) bond motifs is 2. The van der Waals surface area contributed by atoms with Crippen LogP contribution >= 0.6 is 0 Å². The van der Waals surface area contributed by atoms with Gasteiger partial charge in [0.15, 0.2) is 0 Å². The highest BCUT2D eigenvalue weighted by Crippen LogP contribution is 2.36. The van der Waals surface area contributed by atoms with E-state index < -0.39 is 0 Å². The summed E-state index contributed by atoms with van der Waals surface area (Å²) in [7, 11) is 0. The van der Waals surface area contributed by atoms with E-state index in [1.54, 1.807) is 6.92 Å². The summed E-state index contributed by atoms with van der Waals surface area (Å²) in [4.78, 5) is 23.2. The number of hydrogen-bond acceptors (Lipinski definition) is 5. The predicted octanol–water partition coefficient (Wildman–Crippen LogP) is 0.199. The Kier molecular flexibility index (Phi) is 3.83. The lowest BCUT2D eigenvalue weighted by Gasteiger charge is -2.63. The van der Waals surface area contributed by atoms with Crippen molar-refractivity contribution in [2.24, 2.45) is 0 Å². The van der Waals surface area contributed by atoms with E-state index in [1.807, 2.05) is 23.4 Å². The first-order valence-electron chi connectivity index (χ1n) is 8.38. The van der Waals surface area contributed by atoms with E-state index >= 15 is 0 Å². The first-order valence-corrected chi connectivity index (χ1v) is 8.38. The first kappa shape index (κ1) is 15.1. The van der Waals surface area contributed by atoms with Crippen molar-refractivity contribution in [3.8, 4) is 0 Å². The van der Waals surface area contributed by atoms with Crippen molar-refractivity contribution in [2.75, 3.05) is 45.9 Å². The molecule has 0 bridgehead atoms. The summed E-state index contributed by atoms with van der Waals surface area (Å²) < 4.78 is 5.65. The van der Waals surface area contributed by atoms with Crippen LogP contribution in [0.1, 0.15) is 12.5 Å². The van der Waals surface area contributed by atoms with Gasteiger partial charge in [-0.05, 0) is 11.6 Å². The summed E-state index contributed by atoms with van der Waals surface area (Å²) in [5.74, 6) is 0.181. The van der Waals surface area contributed by atoms with Gasteiger partial charge < -0.3 is 9.64 Å². The number of morpholine rings is 1. The highest BCUT2D eigenvalue weighted by atomic mass is 16.5. The zero-order valence-corrected chi connectivity index (χ0v) is 13.6. The average molecular weight is 316 g/mol. The molecule has 4 heterocycles. The van der Waals surface area contributed by atoms with Gasteiger partial charge in [0.25, 0.3) is 0 Å². The number of amides is 1. The summed E-state index contributed by atoms with van der Waals surface area (Å²) in [6.45, 7) is 8.84. The van der Waals surface area contributed by atoms with Crippen LogP contribution in [0.5, 0.6) is 0 Å². The van der Waals surface area contributed by atoms with Crippen LogP contribution < -0.4 is 0 Å². The summed E-state index contributed by atoms with van der Waals surface area (Å²) in [6, 6.07) is 4.46. The fourth-order valence-corrected chi connectivity index (χ4v) is 4.36. The number of pyridine rings is 1. The Morgan fingerprint density at radius 1 is 1.43 bits per heavy atom. The van der Waals surface area contributed by atoms with Crippen molar-refractivity contribution in [3.05, 3.63) is 30.1 Å². The van der Waals surface area contributed by atoms with E-state index in [0.717, 1.165) is 52.5 Å². The van der Waals surface area contributed by atoms with E-state index in [0.29, 0.717) is 6.04 Å². The molecule has 3 aliphatic heterocycles. The molecule has 1 unspecified atom stereocenters. The van der Waals surface area contributed by atoms with Crippen LogP contribution in [0.25, 0.3) is 0 Å². The molecule has 0 N–H and O–H groups in total. The first-order chi connectivity index (χ1) is 11.2. The largest absolute Gasteiger partial charge is 0.378 e. The second-order valence-electron chi connectivity index (χ2n) is 7.05. The molecule has 6 heteroatoms. The maximum atomic E-state index is 11.9. The smallest absolute Gasteiger partial charge is 0.219 e. The average Bonchev–Trinajstić information content (AvgIpc) is 2.54. The minimum absolute atomic E-state index is 0.112. The Balaban J connectivity index is 1.47. The second-order valence-corrected chi connectivity index (χ2v) is 7.05. The molecular formula is C17H24N4O2. The topological polar surface area (TPSA) is 48.9 Å². The molecule has 4 rings (SSSR count). The molecule has 0 saturated carbocycles. The fraction of sp³-hybridized carbons (Fsp3) is 0.647. The highest BCUT2D eigenvalue weighted by molar-refractivity contribution is 5.73. The molecule has 6 nitrogen and oxygen atoms in total. The van der Waals surface area contributed by atoms with E-state index in [9.17, 15) is 4.79 Å². The molecule has 1 amide bonds. The third-order valence-electron chi connectivity index (χ3n) is 5.36. The minimum atomic E-state index is 0.112. The molecule has 1 atom stereocenters. The quantitative estimate of drug-likeness (QED) is 0.780. The van der Waals surface area contributed by atoms with Crippen LogP contribution in [0.15, 0.2) is 24.5 Å². The number of piperazine rings is 1. The standard InChI is InChI=1S/C17H24N4O2/c1-14(22)20-9-16-10-23-6-5-21(16)17(13-20)11-19(12-17)8-15-3-2-4-18-7-15/h2-4,7,16H,5-6,8-13H2,1H3. The maximum absolute atomic E-state index is 11.9. The van der Waals surface area contributed by atoms with Crippen LogP contribution in [0, 0.1) is 0 Å². The molecule has 23 heavy (non-hydrogen) atoms. The lowest BCUT2D eigenvalue weighted by molar-refractivity contribution is -0.175. The van der Waals surface area contributed by atoms with Crippen molar-refractivity contribution in [2.45, 2.75) is 25.0 Å². The zero-order valence-electron chi connectivity index (χ0n) is 13.6. The Morgan fingerprint density at radius 2 is 2.30 bits per heavy atom. The van der Waals surface area contributed by atoms with E-state index in [1.165, 1.54) is 5.56 Å². The van der Waals surface area contributed by atoms with Gasteiger partial charge in [-0.25, -0.2) is 0 Å². The molecule has 1 spiro atoms. The van der Waals surface area contributed by atoms with Gasteiger partial charge in [0.1, 0.15) is 0 Å². The van der Waals surface area contributed by atoms with Gasteiger partial charge in [-0.3, -0.25) is 19.6 Å². The molecule has 0 aromatic carbocycles. The minimum Gasteiger partial charge on any atom is -0.378 e. The number of carbonyl (C=O) groups is 1. The highest BCUT2D eigenvalue weighted by Gasteiger charge is 2.54. The Labute approximate surface area is 137 Å². The normalized spacial score (nSPS) is 27.5. The third kappa shape index (κ3) is 2.75. The Hall–Kier alpha value is -1.50. The Morgan fingerprint density at radius 3 is 3.04 bits per heavy atom. The number of hydrogen-bond donors (Lipinski definition) is 0. The van der Waals surface area contributed by atoms with E-state index in [-0.39, 0.29) is 11.4 Å². The summed E-state index contributed by atoms with van der Waals surface area (Å²) in [5.41, 5.74) is 1.36. The van der Waals surface area contributed by atoms with Crippen molar-refractivity contribution in [1.82, 2.24) is 19.7 Å². The van der Waals surface area contributed by atoms with E-state index in [2.05, 4.69) is 20.9 Å². The molecule has 3 fully saturated rings. The number of nitrogens with zero attached hydrogens (tertiary/aromatic N) is 4. The van der Waals surface area contributed by atoms with Crippen LogP contribution in [0.2, 0.25) is 0 Å². The van der Waals surface area contributed by atoms with E-state index in [4.69, 9.17) is 4.74 Å². The van der Waals surface area contributed by atoms with Crippen molar-refractivity contribution in [3.63, 3.8) is 0 Å². The zero-order chi connectivity index (χ0) is 15.9. The van der Waals surface area contributed by atoms with Crippen molar-refractivity contribution >= 4 is 5.91 Å². The van der Waals surface area contributed by atoms with Gasteiger partial charge >= 0.3 is 0 Å². The van der Waals surface area contributed by atoms with Gasteiger partial charge in [-0.1, -0.05) is 6.07 Å². The van der Waals surface area contributed by atoms with Gasteiger partial charge in [-0.15, -0.1) is 0 Å². The summed E-state index contributed by atoms with van der Waals surface area (Å²) in [5, 5.41) is 0. The molecule has 3 aliphatic rings. The molecule has 1 aromatic rings. The van der Waals surface area contributed by atoms with Gasteiger partial charge in [-0.2, -0.15) is 0 Å². The number of rotatable bonds is 2. The van der Waals surface area contributed by atoms with Crippen LogP contribution in [0.3, 0.4) is 0 Å². The molecule has 1 aromatic heterocycles. The molecule has 3 saturated heterocycles. The Bertz CT molecular complexity index is 573. The number of aromatic nitrogens is 1. The van der Waals surface area contributed by atoms with Crippen LogP contribution in [-0.4, -0.2) is 83.1 Å². The summed E-state index contributed by atoms with van der Waals surface area (Å²) >= 11 is 0. The number of carbonyl (C=O) groups excluding carboxylic acids is 1. The monoisotopic (exact) mass is 316 g/mol. The van der Waals surface area contributed by atoms with Gasteiger partial charge in [0.2, 0.25) is 5.91 Å². The SMILES string of the molecule is CC(=O)N1CC2COCCN2C2(CN(Cc3cccnc3)C2)C1. The molecular weight excluding hydrogens is 292 g/mol. The van der Waals surface area contributed by atoms with Gasteiger partial charge in [0.05, 0.1) is 24.8 Å². The van der Waals surface area contributed by atoms with Crippen molar-refractivity contribution < 1.29 is 9.53 Å². The molecule has 124 valence electrons. The summed E-state index contributed by atoms with van der Waals surface area (Å²) in [6.07, 6.45) is 3.75. The number of likely N-dealkylation sites (tertiary alicyclic amines) is 1. The second kappa shape index (κ2) is 5.85. The third-order valence-corrected chi connectivity index (χ3v) is 5.36. The van der Waals surface area contributed by atoms with Crippen LogP contribution in [0.4, 0.5) is 0 Å². The molecule has 0 aliphatic carbocycles. The van der Waals surface area contributed by atoms with Gasteiger partial charge in [0, 0.05) is 58.6 Å². The lowest BCUT2D eigenvalue weighted by Crippen LogP contribution is -2.80. The predicted molar refractivity (Wildman–Crippen MR) is 85.8 cm³/mol. The fourth-order valence-electron chi connectivity index (χ4n) is 4.36. The number of ether oxygens (including phenoxy) is 1. The van der Waals surface area contributed by atoms with Crippen molar-refractivity contribution in [1.29, 1.82) is 0 Å². The molecule has 0 radical (unpaired) electrons. The lowest BCUT2D eigenvalue weighted by atomic mass is 9.82. The maximum Gasteiger partial charge on any atom is 0.219 e. The van der Waals surface area contributed by atoms with Crippen LogP contribution in [-0.2, 0) is 16.1 Å².